The maximum absolute atomic E-state index is 13.4. The molecule has 7 nitrogen and oxygen atoms in total. The number of halogens is 1. The van der Waals surface area contributed by atoms with Crippen molar-refractivity contribution < 1.29 is 24.2 Å². The van der Waals surface area contributed by atoms with Crippen LogP contribution in [-0.2, 0) is 29.2 Å². The Bertz CT molecular complexity index is 1360. The van der Waals surface area contributed by atoms with Crippen LogP contribution >= 0.6 is 0 Å². The molecule has 8 heteroatoms. The van der Waals surface area contributed by atoms with E-state index < -0.39 is 11.9 Å². The maximum Gasteiger partial charge on any atom is 0.414 e. The van der Waals surface area contributed by atoms with Gasteiger partial charge >= 0.3 is 11.9 Å². The molecule has 0 spiro atoms. The number of hydrogen-bond acceptors (Lipinski definition) is 4. The van der Waals surface area contributed by atoms with Crippen molar-refractivity contribution in [3.8, 4) is 0 Å². The van der Waals surface area contributed by atoms with Crippen LogP contribution in [0.15, 0.2) is 66.7 Å². The molecule has 0 amide bonds. The first-order valence-electron chi connectivity index (χ1n) is 12.0. The van der Waals surface area contributed by atoms with E-state index in [0.29, 0.717) is 0 Å². The number of aliphatic carboxylic acids is 2. The molecule has 4 aromatic rings. The minimum absolute atomic E-state index is 0.147. The van der Waals surface area contributed by atoms with Gasteiger partial charge < -0.3 is 14.8 Å². The number of carboxylic acids is 2. The molecule has 1 aromatic heterocycles. The van der Waals surface area contributed by atoms with E-state index in [0.717, 1.165) is 51.4 Å². The number of benzene rings is 3. The summed E-state index contributed by atoms with van der Waals surface area (Å²) in [5.41, 5.74) is 5.07. The van der Waals surface area contributed by atoms with Gasteiger partial charge in [-0.15, -0.1) is 0 Å². The second kappa shape index (κ2) is 11.3. The smallest absolute Gasteiger partial charge is 0.414 e. The van der Waals surface area contributed by atoms with Crippen LogP contribution in [0.5, 0.6) is 0 Å². The summed E-state index contributed by atoms with van der Waals surface area (Å²) in [6.07, 6.45) is 0. The first-order valence-corrected chi connectivity index (χ1v) is 12.0. The van der Waals surface area contributed by atoms with Crippen molar-refractivity contribution in [1.29, 1.82) is 0 Å². The van der Waals surface area contributed by atoms with Gasteiger partial charge in [-0.3, -0.25) is 9.80 Å². The van der Waals surface area contributed by atoms with Crippen LogP contribution in [0.4, 0.5) is 4.39 Å². The Hall–Kier alpha value is -3.75. The number of aryl methyl sites for hydroxylation is 1. The number of rotatable bonds is 5. The van der Waals surface area contributed by atoms with Crippen LogP contribution in [-0.4, -0.2) is 62.7 Å². The number of carbonyl (C=O) groups is 2. The van der Waals surface area contributed by atoms with E-state index in [2.05, 4.69) is 63.8 Å². The fourth-order valence-corrected chi connectivity index (χ4v) is 4.80. The maximum atomic E-state index is 13.4. The largest absolute Gasteiger partial charge is 0.473 e. The van der Waals surface area contributed by atoms with Crippen molar-refractivity contribution in [3.05, 3.63) is 83.7 Å². The molecule has 0 radical (unpaired) electrons. The van der Waals surface area contributed by atoms with Gasteiger partial charge in [0.25, 0.3) is 0 Å². The summed E-state index contributed by atoms with van der Waals surface area (Å²) in [6, 6.07) is 22.6. The third kappa shape index (κ3) is 5.90. The first-order chi connectivity index (χ1) is 17.4. The molecule has 188 valence electrons. The number of carboxylic acid groups (broad SMARTS) is 2. The van der Waals surface area contributed by atoms with Gasteiger partial charge in [0.05, 0.1) is 0 Å². The molecule has 3 aromatic carbocycles. The van der Waals surface area contributed by atoms with Crippen molar-refractivity contribution in [2.45, 2.75) is 26.6 Å². The molecular formula is C28H30FN3O4. The summed E-state index contributed by atoms with van der Waals surface area (Å²) in [7, 11) is 0. The normalized spacial score (nSPS) is 14.5. The van der Waals surface area contributed by atoms with E-state index in [-0.39, 0.29) is 5.82 Å². The number of hydrogen-bond donors (Lipinski definition) is 2. The van der Waals surface area contributed by atoms with E-state index in [9.17, 15) is 4.39 Å². The minimum Gasteiger partial charge on any atom is -0.473 e. The second-order valence-electron chi connectivity index (χ2n) is 8.91. The van der Waals surface area contributed by atoms with Crippen molar-refractivity contribution in [2.75, 3.05) is 26.2 Å². The summed E-state index contributed by atoms with van der Waals surface area (Å²) in [5.74, 6) is -3.80. The Kier molecular flexibility index (Phi) is 7.97. The third-order valence-corrected chi connectivity index (χ3v) is 6.50. The molecule has 1 saturated heterocycles. The molecule has 2 N–H and O–H groups in total. The van der Waals surface area contributed by atoms with E-state index >= 15 is 0 Å². The van der Waals surface area contributed by atoms with Crippen LogP contribution in [0, 0.1) is 5.82 Å². The average Bonchev–Trinajstić information content (AvgIpc) is 3.18. The Morgan fingerprint density at radius 1 is 0.750 bits per heavy atom. The predicted molar refractivity (Wildman–Crippen MR) is 137 cm³/mol. The van der Waals surface area contributed by atoms with Gasteiger partial charge in [-0.2, -0.15) is 0 Å². The van der Waals surface area contributed by atoms with Crippen LogP contribution in [0.1, 0.15) is 18.1 Å². The molecule has 1 aliphatic heterocycles. The fraction of sp³-hybridized carbons (Fsp3) is 0.286. The van der Waals surface area contributed by atoms with Crippen molar-refractivity contribution in [3.63, 3.8) is 0 Å². The molecule has 1 aliphatic rings. The highest BCUT2D eigenvalue weighted by Crippen LogP contribution is 2.30. The lowest BCUT2D eigenvalue weighted by Crippen LogP contribution is -2.45. The highest BCUT2D eigenvalue weighted by molar-refractivity contribution is 6.27. The van der Waals surface area contributed by atoms with Crippen LogP contribution in [0.25, 0.3) is 21.8 Å². The molecule has 5 rings (SSSR count). The molecule has 0 bridgehead atoms. The van der Waals surface area contributed by atoms with Gasteiger partial charge in [0.2, 0.25) is 0 Å². The zero-order valence-corrected chi connectivity index (χ0v) is 20.2. The minimum atomic E-state index is -1.82. The molecule has 0 aliphatic carbocycles. The topological polar surface area (TPSA) is 86.0 Å². The molecule has 1 fully saturated rings. The highest BCUT2D eigenvalue weighted by Gasteiger charge is 2.18. The molecule has 36 heavy (non-hydrogen) atoms. The predicted octanol–water partition coefficient (Wildman–Crippen LogP) is 4.43. The van der Waals surface area contributed by atoms with Gasteiger partial charge in [0.15, 0.2) is 0 Å². The quantitative estimate of drug-likeness (QED) is 0.402. The Morgan fingerprint density at radius 3 is 1.92 bits per heavy atom. The van der Waals surface area contributed by atoms with Crippen LogP contribution in [0.3, 0.4) is 0 Å². The average molecular weight is 492 g/mol. The number of nitrogens with zero attached hydrogens (tertiary/aromatic N) is 3. The molecule has 0 atom stereocenters. The lowest BCUT2D eigenvalue weighted by Gasteiger charge is -2.34. The number of piperazine rings is 1. The Morgan fingerprint density at radius 2 is 1.33 bits per heavy atom. The van der Waals surface area contributed by atoms with Gasteiger partial charge in [-0.1, -0.05) is 36.4 Å². The van der Waals surface area contributed by atoms with Gasteiger partial charge in [0, 0.05) is 67.6 Å². The molecule has 0 unspecified atom stereocenters. The van der Waals surface area contributed by atoms with E-state index in [1.807, 2.05) is 6.07 Å². The number of para-hydroxylation sites is 1. The SMILES string of the molecule is CCn1c2ccccc2c2cc(CN3CCN(Cc4cccc(F)c4)CC3)ccc21.O=C(O)C(=O)O. The van der Waals surface area contributed by atoms with Crippen LogP contribution < -0.4 is 0 Å². The van der Waals surface area contributed by atoms with Gasteiger partial charge in [-0.25, -0.2) is 14.0 Å². The molecule has 2 heterocycles. The lowest BCUT2D eigenvalue weighted by atomic mass is 10.1. The first kappa shape index (κ1) is 25.3. The van der Waals surface area contributed by atoms with E-state index in [1.54, 1.807) is 12.1 Å². The zero-order valence-electron chi connectivity index (χ0n) is 20.2. The monoisotopic (exact) mass is 491 g/mol. The van der Waals surface area contributed by atoms with Crippen molar-refractivity contribution in [2.24, 2.45) is 0 Å². The second-order valence-corrected chi connectivity index (χ2v) is 8.91. The number of fused-ring (bicyclic) bond motifs is 3. The summed E-state index contributed by atoms with van der Waals surface area (Å²) < 4.78 is 15.8. The third-order valence-electron chi connectivity index (χ3n) is 6.50. The summed E-state index contributed by atoms with van der Waals surface area (Å²) in [6.45, 7) is 9.14. The fourth-order valence-electron chi connectivity index (χ4n) is 4.80. The van der Waals surface area contributed by atoms with Crippen molar-refractivity contribution in [1.82, 2.24) is 14.4 Å². The molecular weight excluding hydrogens is 461 g/mol. The number of aromatic nitrogens is 1. The van der Waals surface area contributed by atoms with E-state index in [1.165, 1.54) is 33.4 Å². The Labute approximate surface area is 209 Å². The standard InChI is InChI=1S/C26H28FN3.C2H2O4/c1-2-30-25-9-4-3-8-23(25)24-17-21(10-11-26(24)30)19-29-14-12-28(13-15-29)18-20-6-5-7-22(27)16-20;3-1(4)2(5)6/h3-11,16-17H,2,12-15,18-19H2,1H3;(H,3,4)(H,5,6). The molecule has 0 saturated carbocycles. The van der Waals surface area contributed by atoms with Gasteiger partial charge in [-0.05, 0) is 48.4 Å². The lowest BCUT2D eigenvalue weighted by molar-refractivity contribution is -0.159. The summed E-state index contributed by atoms with van der Waals surface area (Å²) in [4.78, 5) is 23.1. The highest BCUT2D eigenvalue weighted by atomic mass is 19.1. The van der Waals surface area contributed by atoms with Crippen molar-refractivity contribution >= 4 is 33.7 Å². The summed E-state index contributed by atoms with van der Waals surface area (Å²) >= 11 is 0. The van der Waals surface area contributed by atoms with Crippen LogP contribution in [0.2, 0.25) is 0 Å². The zero-order chi connectivity index (χ0) is 25.7. The van der Waals surface area contributed by atoms with Gasteiger partial charge in [0.1, 0.15) is 5.82 Å². The Balaban J connectivity index is 0.000000455. The van der Waals surface area contributed by atoms with E-state index in [4.69, 9.17) is 19.8 Å². The summed E-state index contributed by atoms with van der Waals surface area (Å²) in [5, 5.41) is 17.5.